The maximum absolute atomic E-state index is 13.6. The van der Waals surface area contributed by atoms with Crippen LogP contribution in [-0.2, 0) is 44.0 Å². The molecule has 2 atom stereocenters. The van der Waals surface area contributed by atoms with Gasteiger partial charge in [-0.3, -0.25) is 9.80 Å². The van der Waals surface area contributed by atoms with Crippen LogP contribution in [0.15, 0.2) is 30.3 Å². The minimum Gasteiger partial charge on any atom is -0.496 e. The Hall–Kier alpha value is -3.69. The van der Waals surface area contributed by atoms with E-state index >= 15 is 0 Å². The lowest BCUT2D eigenvalue weighted by Crippen LogP contribution is -2.48. The van der Waals surface area contributed by atoms with Crippen molar-refractivity contribution in [3.8, 4) is 5.75 Å². The highest BCUT2D eigenvalue weighted by Crippen LogP contribution is 2.47. The lowest BCUT2D eigenvalue weighted by atomic mass is 9.87. The predicted octanol–water partition coefficient (Wildman–Crippen LogP) is 6.34. The number of amides is 2. The Morgan fingerprint density at radius 3 is 2.07 bits per heavy atom. The molecule has 3 rings (SSSR count). The summed E-state index contributed by atoms with van der Waals surface area (Å²) in [5.41, 5.74) is -3.41. The number of hydrogen-bond donors (Lipinski definition) is 0. The maximum Gasteiger partial charge on any atom is 0.416 e. The van der Waals surface area contributed by atoms with E-state index in [2.05, 4.69) is 0 Å². The second-order valence-electron chi connectivity index (χ2n) is 9.93. The van der Waals surface area contributed by atoms with E-state index in [1.54, 1.807) is 13.8 Å². The van der Waals surface area contributed by atoms with Gasteiger partial charge in [0.1, 0.15) is 5.75 Å². The average molecular weight is 641 g/mol. The molecule has 0 spiro atoms. The number of methoxy groups -OCH3 is 2. The van der Waals surface area contributed by atoms with Crippen LogP contribution < -0.4 is 9.64 Å². The Balaban J connectivity index is 2.32. The van der Waals surface area contributed by atoms with Gasteiger partial charge in [-0.25, -0.2) is 18.0 Å². The molecule has 0 saturated carbocycles. The molecule has 0 N–H and O–H groups in total. The van der Waals surface area contributed by atoms with Crippen molar-refractivity contribution in [3.63, 3.8) is 0 Å². The molecule has 2 unspecified atom stereocenters. The summed E-state index contributed by atoms with van der Waals surface area (Å²) in [6.07, 6.45) is -11.3. The molecule has 2 aromatic rings. The third kappa shape index (κ3) is 7.64. The summed E-state index contributed by atoms with van der Waals surface area (Å²) >= 11 is 0. The minimum atomic E-state index is -5.13. The number of alkyl halides is 6. The molecule has 2 aromatic carbocycles. The fraction of sp³-hybridized carbons (Fsp3) is 0.481. The number of ether oxygens (including phenoxy) is 3. The van der Waals surface area contributed by atoms with Crippen LogP contribution in [0.4, 0.5) is 41.6 Å². The normalized spacial score (nSPS) is 17.2. The van der Waals surface area contributed by atoms with E-state index in [-0.39, 0.29) is 41.7 Å². The summed E-state index contributed by atoms with van der Waals surface area (Å²) in [4.78, 5) is 28.3. The molecule has 43 heavy (non-hydrogen) atoms. The Labute approximate surface area is 244 Å². The number of halogens is 6. The lowest BCUT2D eigenvalue weighted by molar-refractivity contribution is -0.143. The van der Waals surface area contributed by atoms with Crippen molar-refractivity contribution in [2.45, 2.75) is 57.0 Å². The van der Waals surface area contributed by atoms with Crippen LogP contribution in [-0.4, -0.2) is 58.6 Å². The first-order valence-corrected chi connectivity index (χ1v) is 14.8. The summed E-state index contributed by atoms with van der Waals surface area (Å²) in [7, 11) is -1.55. The Morgan fingerprint density at radius 2 is 1.60 bits per heavy atom. The first-order chi connectivity index (χ1) is 19.8. The van der Waals surface area contributed by atoms with Crippen LogP contribution >= 0.6 is 0 Å². The van der Waals surface area contributed by atoms with Crippen LogP contribution in [0.1, 0.15) is 54.1 Å². The number of sulfone groups is 1. The van der Waals surface area contributed by atoms with E-state index in [0.717, 1.165) is 18.3 Å². The number of carbonyl (C=O) groups excluding carboxylic acids is 2. The molecule has 0 saturated heterocycles. The molecule has 16 heteroatoms. The van der Waals surface area contributed by atoms with Gasteiger partial charge >= 0.3 is 24.5 Å². The summed E-state index contributed by atoms with van der Waals surface area (Å²) in [5.74, 6) is -0.562. The van der Waals surface area contributed by atoms with Crippen LogP contribution in [0.2, 0.25) is 0 Å². The van der Waals surface area contributed by atoms with Gasteiger partial charge in [0.05, 0.1) is 49.4 Å². The fourth-order valence-electron chi connectivity index (χ4n) is 5.08. The summed E-state index contributed by atoms with van der Waals surface area (Å²) in [6.45, 7) is 2.38. The number of fused-ring (bicyclic) bond motifs is 1. The molecular formula is C27H30F6N2O7S. The van der Waals surface area contributed by atoms with E-state index in [9.17, 15) is 44.3 Å². The average Bonchev–Trinajstić information content (AvgIpc) is 2.89. The molecule has 0 bridgehead atoms. The minimum absolute atomic E-state index is 0.00145. The Kier molecular flexibility index (Phi) is 9.83. The SMILES string of the molecule is CCOC(=O)N1c2ccc(OC)c(CS(C)(=O)=O)c2C(N(Cc2cc(C(F)(F)F)cc(C(F)(F)F)c2)C(=O)OC)CC1C. The highest BCUT2D eigenvalue weighted by molar-refractivity contribution is 7.89. The van der Waals surface area contributed by atoms with Gasteiger partial charge in [0, 0.05) is 30.0 Å². The van der Waals surface area contributed by atoms with Crippen molar-refractivity contribution in [2.75, 3.05) is 32.0 Å². The number of carbonyl (C=O) groups is 2. The zero-order chi connectivity index (χ0) is 32.5. The number of benzene rings is 2. The molecule has 1 aliphatic heterocycles. The van der Waals surface area contributed by atoms with Crippen molar-refractivity contribution in [1.29, 1.82) is 0 Å². The molecule has 2 amide bonds. The van der Waals surface area contributed by atoms with E-state index in [0.29, 0.717) is 12.1 Å². The third-order valence-electron chi connectivity index (χ3n) is 6.77. The standard InChI is InChI=1S/C27H30F6N2O7S/c1-6-42-25(37)35-15(2)9-21(23-19(14-43(5,38)39)22(40-3)8-7-20(23)35)34(24(36)41-4)13-16-10-17(26(28,29)30)12-18(11-16)27(31,32)33/h7-8,10-12,15,21H,6,9,13-14H2,1-5H3. The van der Waals surface area contributed by atoms with E-state index in [1.807, 2.05) is 0 Å². The monoisotopic (exact) mass is 640 g/mol. The smallest absolute Gasteiger partial charge is 0.416 e. The first kappa shape index (κ1) is 33.8. The number of nitrogens with zero attached hydrogens (tertiary/aromatic N) is 2. The number of hydrogen-bond acceptors (Lipinski definition) is 7. The van der Waals surface area contributed by atoms with Crippen molar-refractivity contribution < 1.29 is 58.6 Å². The molecule has 0 aromatic heterocycles. The predicted molar refractivity (Wildman–Crippen MR) is 142 cm³/mol. The van der Waals surface area contributed by atoms with Gasteiger partial charge in [0.2, 0.25) is 0 Å². The van der Waals surface area contributed by atoms with E-state index in [4.69, 9.17) is 14.2 Å². The third-order valence-corrected chi connectivity index (χ3v) is 7.58. The van der Waals surface area contributed by atoms with E-state index in [1.165, 1.54) is 24.1 Å². The molecule has 0 aliphatic carbocycles. The van der Waals surface area contributed by atoms with Gasteiger partial charge in [-0.1, -0.05) is 0 Å². The topological polar surface area (TPSA) is 102 Å². The molecule has 1 aliphatic rings. The van der Waals surface area contributed by atoms with Gasteiger partial charge < -0.3 is 14.2 Å². The number of rotatable bonds is 7. The Morgan fingerprint density at radius 1 is 1.02 bits per heavy atom. The van der Waals surface area contributed by atoms with Crippen molar-refractivity contribution >= 4 is 27.7 Å². The van der Waals surface area contributed by atoms with Gasteiger partial charge in [-0.05, 0) is 56.2 Å². The zero-order valence-corrected chi connectivity index (χ0v) is 24.6. The molecule has 9 nitrogen and oxygen atoms in total. The van der Waals surface area contributed by atoms with Crippen LogP contribution in [0.5, 0.6) is 5.75 Å². The zero-order valence-electron chi connectivity index (χ0n) is 23.8. The largest absolute Gasteiger partial charge is 0.496 e. The van der Waals surface area contributed by atoms with Gasteiger partial charge in [0.25, 0.3) is 0 Å². The summed E-state index contributed by atoms with van der Waals surface area (Å²) in [5, 5.41) is 0. The van der Waals surface area contributed by atoms with Gasteiger partial charge in [-0.2, -0.15) is 26.3 Å². The van der Waals surface area contributed by atoms with E-state index < -0.39 is 75.4 Å². The quantitative estimate of drug-likeness (QED) is 0.326. The highest BCUT2D eigenvalue weighted by atomic mass is 32.2. The van der Waals surface area contributed by atoms with Crippen LogP contribution in [0.25, 0.3) is 0 Å². The molecule has 1 heterocycles. The first-order valence-electron chi connectivity index (χ1n) is 12.8. The molecule has 0 fully saturated rings. The lowest BCUT2D eigenvalue weighted by Gasteiger charge is -2.43. The van der Waals surface area contributed by atoms with Crippen molar-refractivity contribution in [2.24, 2.45) is 0 Å². The van der Waals surface area contributed by atoms with Crippen molar-refractivity contribution in [3.05, 3.63) is 58.1 Å². The Bertz CT molecular complexity index is 1450. The van der Waals surface area contributed by atoms with Crippen LogP contribution in [0, 0.1) is 0 Å². The summed E-state index contributed by atoms with van der Waals surface area (Å²) < 4.78 is 122. The second-order valence-corrected chi connectivity index (χ2v) is 12.1. The second kappa shape index (κ2) is 12.5. The summed E-state index contributed by atoms with van der Waals surface area (Å²) in [6, 6.07) is 1.88. The molecule has 0 radical (unpaired) electrons. The maximum atomic E-state index is 13.6. The van der Waals surface area contributed by atoms with Crippen LogP contribution in [0.3, 0.4) is 0 Å². The van der Waals surface area contributed by atoms with Gasteiger partial charge in [0.15, 0.2) is 9.84 Å². The van der Waals surface area contributed by atoms with Crippen molar-refractivity contribution in [1.82, 2.24) is 4.90 Å². The molecular weight excluding hydrogens is 610 g/mol. The highest BCUT2D eigenvalue weighted by Gasteiger charge is 2.43. The number of anilines is 1. The molecule has 238 valence electrons. The fourth-order valence-corrected chi connectivity index (χ4v) is 5.90. The van der Waals surface area contributed by atoms with Gasteiger partial charge in [-0.15, -0.1) is 0 Å².